The Bertz CT molecular complexity index is 398. The third-order valence-corrected chi connectivity index (χ3v) is 4.09. The van der Waals surface area contributed by atoms with Gasteiger partial charge in [0.25, 0.3) is 0 Å². The molecule has 1 heterocycles. The van der Waals surface area contributed by atoms with E-state index >= 15 is 0 Å². The normalized spacial score (nSPS) is 16.7. The molecule has 1 aromatic rings. The van der Waals surface area contributed by atoms with Gasteiger partial charge in [-0.2, -0.15) is 0 Å². The Balaban J connectivity index is 1.99. The second-order valence-corrected chi connectivity index (χ2v) is 5.50. The first-order chi connectivity index (χ1) is 9.24. The Labute approximate surface area is 116 Å². The van der Waals surface area contributed by atoms with E-state index in [4.69, 9.17) is 4.74 Å². The number of methoxy groups -OCH3 is 1. The summed E-state index contributed by atoms with van der Waals surface area (Å²) in [5.41, 5.74) is 2.56. The summed E-state index contributed by atoms with van der Waals surface area (Å²) in [6.07, 6.45) is 3.88. The number of aryl methyl sites for hydroxylation is 1. The fourth-order valence-electron chi connectivity index (χ4n) is 2.86. The van der Waals surface area contributed by atoms with Crippen molar-refractivity contribution in [2.45, 2.75) is 26.2 Å². The van der Waals surface area contributed by atoms with E-state index in [0.29, 0.717) is 0 Å². The van der Waals surface area contributed by atoms with Crippen molar-refractivity contribution >= 4 is 5.69 Å². The summed E-state index contributed by atoms with van der Waals surface area (Å²) >= 11 is 0. The molecule has 0 unspecified atom stereocenters. The van der Waals surface area contributed by atoms with Crippen LogP contribution in [0.2, 0.25) is 0 Å². The van der Waals surface area contributed by atoms with Crippen LogP contribution in [0.3, 0.4) is 0 Å². The first kappa shape index (κ1) is 14.2. The van der Waals surface area contributed by atoms with Crippen LogP contribution in [0, 0.1) is 12.8 Å². The number of piperidine rings is 1. The number of nitrogens with one attached hydrogen (secondary N) is 1. The topological polar surface area (TPSA) is 24.5 Å². The quantitative estimate of drug-likeness (QED) is 0.883. The Kier molecular flexibility index (Phi) is 5.08. The lowest BCUT2D eigenvalue weighted by Crippen LogP contribution is -2.34. The third kappa shape index (κ3) is 3.63. The minimum atomic E-state index is 0.875. The Morgan fingerprint density at radius 2 is 2.05 bits per heavy atom. The number of nitrogens with zero attached hydrogens (tertiary/aromatic N) is 1. The summed E-state index contributed by atoms with van der Waals surface area (Å²) in [7, 11) is 3.79. The number of ether oxygens (including phenoxy) is 1. The molecular weight excluding hydrogens is 236 g/mol. The summed E-state index contributed by atoms with van der Waals surface area (Å²) in [4.78, 5) is 2.47. The zero-order valence-electron chi connectivity index (χ0n) is 12.4. The number of hydrogen-bond donors (Lipinski definition) is 1. The Hall–Kier alpha value is -1.22. The molecule has 1 fully saturated rings. The molecule has 0 radical (unpaired) electrons. The smallest absolute Gasteiger partial charge is 0.142 e. The predicted molar refractivity (Wildman–Crippen MR) is 81.2 cm³/mol. The molecule has 19 heavy (non-hydrogen) atoms. The lowest BCUT2D eigenvalue weighted by molar-refractivity contribution is 0.372. The van der Waals surface area contributed by atoms with Crippen LogP contribution < -0.4 is 15.0 Å². The van der Waals surface area contributed by atoms with E-state index in [0.717, 1.165) is 31.3 Å². The molecular formula is C16H26N2O. The summed E-state index contributed by atoms with van der Waals surface area (Å²) in [6, 6.07) is 6.44. The van der Waals surface area contributed by atoms with Gasteiger partial charge in [0.2, 0.25) is 0 Å². The second kappa shape index (κ2) is 6.80. The highest BCUT2D eigenvalue weighted by Crippen LogP contribution is 2.32. The SMILES string of the molecule is CNCCC1CCN(c2cc(C)ccc2OC)CC1. The zero-order valence-corrected chi connectivity index (χ0v) is 12.4. The molecule has 0 saturated carbocycles. The van der Waals surface area contributed by atoms with Crippen LogP contribution in [0.25, 0.3) is 0 Å². The van der Waals surface area contributed by atoms with Gasteiger partial charge in [-0.3, -0.25) is 0 Å². The van der Waals surface area contributed by atoms with Gasteiger partial charge in [0.05, 0.1) is 12.8 Å². The fourth-order valence-corrected chi connectivity index (χ4v) is 2.86. The molecule has 0 amide bonds. The van der Waals surface area contributed by atoms with Crippen molar-refractivity contribution in [1.82, 2.24) is 5.32 Å². The van der Waals surface area contributed by atoms with Crippen molar-refractivity contribution in [3.05, 3.63) is 23.8 Å². The molecule has 0 atom stereocenters. The van der Waals surface area contributed by atoms with E-state index in [-0.39, 0.29) is 0 Å². The maximum absolute atomic E-state index is 5.49. The van der Waals surface area contributed by atoms with Gasteiger partial charge in [-0.1, -0.05) is 6.07 Å². The molecule has 2 rings (SSSR count). The lowest BCUT2D eigenvalue weighted by atomic mass is 9.93. The average Bonchev–Trinajstić information content (AvgIpc) is 2.45. The first-order valence-corrected chi connectivity index (χ1v) is 7.28. The molecule has 1 aliphatic rings. The van der Waals surface area contributed by atoms with E-state index < -0.39 is 0 Å². The predicted octanol–water partition coefficient (Wildman–Crippen LogP) is 2.83. The van der Waals surface area contributed by atoms with Crippen molar-refractivity contribution in [3.8, 4) is 5.75 Å². The highest BCUT2D eigenvalue weighted by atomic mass is 16.5. The summed E-state index contributed by atoms with van der Waals surface area (Å²) < 4.78 is 5.49. The van der Waals surface area contributed by atoms with E-state index in [1.165, 1.54) is 30.5 Å². The van der Waals surface area contributed by atoms with Crippen LogP contribution in [0.4, 0.5) is 5.69 Å². The monoisotopic (exact) mass is 262 g/mol. The molecule has 3 nitrogen and oxygen atoms in total. The summed E-state index contributed by atoms with van der Waals surface area (Å²) in [5, 5.41) is 3.25. The van der Waals surface area contributed by atoms with Crippen LogP contribution in [0.15, 0.2) is 18.2 Å². The van der Waals surface area contributed by atoms with Crippen molar-refractivity contribution in [3.63, 3.8) is 0 Å². The number of anilines is 1. The van der Waals surface area contributed by atoms with Gasteiger partial charge in [0.15, 0.2) is 0 Å². The molecule has 1 aromatic carbocycles. The fraction of sp³-hybridized carbons (Fsp3) is 0.625. The number of hydrogen-bond acceptors (Lipinski definition) is 3. The van der Waals surface area contributed by atoms with Gasteiger partial charge >= 0.3 is 0 Å². The van der Waals surface area contributed by atoms with Crippen LogP contribution in [-0.4, -0.2) is 33.8 Å². The van der Waals surface area contributed by atoms with E-state index in [2.05, 4.69) is 35.3 Å². The molecule has 1 saturated heterocycles. The molecule has 0 bridgehead atoms. The van der Waals surface area contributed by atoms with E-state index in [9.17, 15) is 0 Å². The van der Waals surface area contributed by atoms with Crippen LogP contribution >= 0.6 is 0 Å². The van der Waals surface area contributed by atoms with Crippen LogP contribution in [-0.2, 0) is 0 Å². The average molecular weight is 262 g/mol. The van der Waals surface area contributed by atoms with Gasteiger partial charge in [0, 0.05) is 13.1 Å². The largest absolute Gasteiger partial charge is 0.495 e. The van der Waals surface area contributed by atoms with Crippen molar-refractivity contribution in [1.29, 1.82) is 0 Å². The van der Waals surface area contributed by atoms with Crippen molar-refractivity contribution in [2.75, 3.05) is 38.7 Å². The molecule has 3 heteroatoms. The standard InChI is InChI=1S/C16H26N2O/c1-13-4-5-16(19-3)15(12-13)18-10-7-14(8-11-18)6-9-17-2/h4-5,12,14,17H,6-11H2,1-3H3. The first-order valence-electron chi connectivity index (χ1n) is 7.28. The van der Waals surface area contributed by atoms with Gasteiger partial charge in [-0.05, 0) is 63.4 Å². The van der Waals surface area contributed by atoms with Gasteiger partial charge in [0.1, 0.15) is 5.75 Å². The number of rotatable bonds is 5. The zero-order chi connectivity index (χ0) is 13.7. The van der Waals surface area contributed by atoms with Gasteiger partial charge in [-0.15, -0.1) is 0 Å². The lowest BCUT2D eigenvalue weighted by Gasteiger charge is -2.34. The maximum atomic E-state index is 5.49. The second-order valence-electron chi connectivity index (χ2n) is 5.50. The third-order valence-electron chi connectivity index (χ3n) is 4.09. The Morgan fingerprint density at radius 1 is 1.32 bits per heavy atom. The van der Waals surface area contributed by atoms with Gasteiger partial charge < -0.3 is 15.0 Å². The van der Waals surface area contributed by atoms with E-state index in [1.54, 1.807) is 7.11 Å². The molecule has 1 aliphatic heterocycles. The van der Waals surface area contributed by atoms with Crippen molar-refractivity contribution < 1.29 is 4.74 Å². The molecule has 106 valence electrons. The highest BCUT2D eigenvalue weighted by molar-refractivity contribution is 5.60. The molecule has 1 N–H and O–H groups in total. The van der Waals surface area contributed by atoms with Crippen molar-refractivity contribution in [2.24, 2.45) is 5.92 Å². The number of benzene rings is 1. The molecule has 0 aliphatic carbocycles. The maximum Gasteiger partial charge on any atom is 0.142 e. The minimum Gasteiger partial charge on any atom is -0.495 e. The summed E-state index contributed by atoms with van der Waals surface area (Å²) in [6.45, 7) is 5.57. The van der Waals surface area contributed by atoms with E-state index in [1.807, 2.05) is 7.05 Å². The minimum absolute atomic E-state index is 0.875. The highest BCUT2D eigenvalue weighted by Gasteiger charge is 2.21. The van der Waals surface area contributed by atoms with Gasteiger partial charge in [-0.25, -0.2) is 0 Å². The molecule has 0 aromatic heterocycles. The van der Waals surface area contributed by atoms with Crippen LogP contribution in [0.1, 0.15) is 24.8 Å². The summed E-state index contributed by atoms with van der Waals surface area (Å²) in [5.74, 6) is 1.87. The molecule has 0 spiro atoms. The van der Waals surface area contributed by atoms with Crippen LogP contribution in [0.5, 0.6) is 5.75 Å². The Morgan fingerprint density at radius 3 is 2.68 bits per heavy atom.